The molecule has 0 saturated carbocycles. The van der Waals surface area contributed by atoms with Crippen molar-refractivity contribution < 1.29 is 14.2 Å². The molecule has 0 bridgehead atoms. The van der Waals surface area contributed by atoms with Gasteiger partial charge in [-0.15, -0.1) is 0 Å². The lowest BCUT2D eigenvalue weighted by atomic mass is 10.2. The van der Waals surface area contributed by atoms with E-state index in [-0.39, 0.29) is 5.56 Å². The summed E-state index contributed by atoms with van der Waals surface area (Å²) in [6.07, 6.45) is 0. The lowest BCUT2D eigenvalue weighted by Gasteiger charge is -2.14. The molecule has 6 heteroatoms. The van der Waals surface area contributed by atoms with Crippen LogP contribution in [0, 0.1) is 6.92 Å². The Balaban J connectivity index is 2.31. The predicted octanol–water partition coefficient (Wildman–Crippen LogP) is 2.72. The largest absolute Gasteiger partial charge is 0.497 e. The minimum atomic E-state index is -0.192. The van der Waals surface area contributed by atoms with Crippen LogP contribution >= 0.6 is 0 Å². The number of aromatic nitrogens is 2. The molecule has 0 N–H and O–H groups in total. The molecular weight excluding hydrogens is 308 g/mol. The third-order valence-electron chi connectivity index (χ3n) is 3.86. The van der Waals surface area contributed by atoms with Crippen molar-refractivity contribution in [2.75, 3.05) is 21.3 Å². The van der Waals surface area contributed by atoms with Gasteiger partial charge in [-0.1, -0.05) is 0 Å². The van der Waals surface area contributed by atoms with Crippen molar-refractivity contribution in [2.45, 2.75) is 6.92 Å². The van der Waals surface area contributed by atoms with E-state index >= 15 is 0 Å². The Morgan fingerprint density at radius 2 is 1.58 bits per heavy atom. The molecule has 0 radical (unpaired) electrons. The molecular formula is C18H18N2O4. The van der Waals surface area contributed by atoms with Crippen LogP contribution in [0.15, 0.2) is 41.2 Å². The number of rotatable bonds is 4. The summed E-state index contributed by atoms with van der Waals surface area (Å²) in [6, 6.07) is 10.6. The quantitative estimate of drug-likeness (QED) is 0.738. The maximum absolute atomic E-state index is 13.1. The summed E-state index contributed by atoms with van der Waals surface area (Å²) in [6.45, 7) is 1.79. The monoisotopic (exact) mass is 326 g/mol. The average Bonchev–Trinajstić information content (AvgIpc) is 2.61. The second kappa shape index (κ2) is 6.23. The molecule has 0 aliphatic rings. The van der Waals surface area contributed by atoms with Crippen LogP contribution in [0.4, 0.5) is 0 Å². The summed E-state index contributed by atoms with van der Waals surface area (Å²) < 4.78 is 17.3. The van der Waals surface area contributed by atoms with Crippen LogP contribution in [-0.2, 0) is 0 Å². The number of ether oxygens (including phenoxy) is 3. The van der Waals surface area contributed by atoms with Gasteiger partial charge in [0.2, 0.25) is 0 Å². The second-order valence-electron chi connectivity index (χ2n) is 5.22. The predicted molar refractivity (Wildman–Crippen MR) is 91.7 cm³/mol. The first kappa shape index (κ1) is 15.9. The zero-order valence-electron chi connectivity index (χ0n) is 14.0. The Morgan fingerprint density at radius 3 is 2.17 bits per heavy atom. The lowest BCUT2D eigenvalue weighted by molar-refractivity contribution is 0.397. The molecule has 24 heavy (non-hydrogen) atoms. The molecule has 3 aromatic rings. The molecule has 0 atom stereocenters. The number of hydrogen-bond acceptors (Lipinski definition) is 5. The van der Waals surface area contributed by atoms with E-state index in [9.17, 15) is 4.79 Å². The highest BCUT2D eigenvalue weighted by Crippen LogP contribution is 2.28. The van der Waals surface area contributed by atoms with Gasteiger partial charge in [-0.25, -0.2) is 4.98 Å². The van der Waals surface area contributed by atoms with Crippen molar-refractivity contribution in [3.8, 4) is 22.9 Å². The SMILES string of the molecule is COc1ccc(-n2c(C)nc3cc(OC)cc(OC)c3c2=O)cc1. The second-order valence-corrected chi connectivity index (χ2v) is 5.22. The molecule has 3 rings (SSSR count). The maximum atomic E-state index is 13.1. The highest BCUT2D eigenvalue weighted by Gasteiger charge is 2.15. The Hall–Kier alpha value is -3.02. The van der Waals surface area contributed by atoms with Gasteiger partial charge in [-0.05, 0) is 31.2 Å². The van der Waals surface area contributed by atoms with E-state index in [4.69, 9.17) is 14.2 Å². The summed E-state index contributed by atoms with van der Waals surface area (Å²) in [5.74, 6) is 2.32. The Morgan fingerprint density at radius 1 is 0.917 bits per heavy atom. The summed E-state index contributed by atoms with van der Waals surface area (Å²) >= 11 is 0. The van der Waals surface area contributed by atoms with E-state index < -0.39 is 0 Å². The van der Waals surface area contributed by atoms with Gasteiger partial charge in [0.05, 0.1) is 32.5 Å². The van der Waals surface area contributed by atoms with Crippen molar-refractivity contribution >= 4 is 10.9 Å². The minimum absolute atomic E-state index is 0.192. The molecule has 6 nitrogen and oxygen atoms in total. The standard InChI is InChI=1S/C18H18N2O4/c1-11-19-15-9-14(23-3)10-16(24-4)17(15)18(21)20(11)12-5-7-13(22-2)8-6-12/h5-10H,1-4H3. The topological polar surface area (TPSA) is 62.6 Å². The molecule has 0 spiro atoms. The fourth-order valence-electron chi connectivity index (χ4n) is 2.68. The molecule has 0 amide bonds. The van der Waals surface area contributed by atoms with Gasteiger partial charge in [0.15, 0.2) is 0 Å². The van der Waals surface area contributed by atoms with Crippen molar-refractivity contribution in [3.05, 3.63) is 52.6 Å². The molecule has 0 unspecified atom stereocenters. The van der Waals surface area contributed by atoms with Crippen LogP contribution in [-0.4, -0.2) is 30.9 Å². The fraction of sp³-hybridized carbons (Fsp3) is 0.222. The Bertz CT molecular complexity index is 946. The van der Waals surface area contributed by atoms with Crippen molar-refractivity contribution in [1.29, 1.82) is 0 Å². The van der Waals surface area contributed by atoms with Gasteiger partial charge in [0.25, 0.3) is 5.56 Å². The summed E-state index contributed by atoms with van der Waals surface area (Å²) in [7, 11) is 4.68. The fourth-order valence-corrected chi connectivity index (χ4v) is 2.68. The van der Waals surface area contributed by atoms with Gasteiger partial charge < -0.3 is 14.2 Å². The van der Waals surface area contributed by atoms with Gasteiger partial charge in [-0.2, -0.15) is 0 Å². The third kappa shape index (κ3) is 2.56. The van der Waals surface area contributed by atoms with Gasteiger partial charge >= 0.3 is 0 Å². The van der Waals surface area contributed by atoms with Crippen LogP contribution < -0.4 is 19.8 Å². The summed E-state index contributed by atoms with van der Waals surface area (Å²) in [5, 5.41) is 0.416. The third-order valence-corrected chi connectivity index (χ3v) is 3.86. The van der Waals surface area contributed by atoms with Crippen molar-refractivity contribution in [3.63, 3.8) is 0 Å². The van der Waals surface area contributed by atoms with E-state index in [1.165, 1.54) is 7.11 Å². The molecule has 124 valence electrons. The molecule has 1 heterocycles. The zero-order chi connectivity index (χ0) is 17.3. The summed E-state index contributed by atoms with van der Waals surface area (Å²) in [5.41, 5.74) is 1.06. The zero-order valence-corrected chi connectivity index (χ0v) is 14.0. The van der Waals surface area contributed by atoms with E-state index in [0.717, 1.165) is 5.75 Å². The Labute approximate surface area is 139 Å². The first-order valence-corrected chi connectivity index (χ1v) is 7.39. The molecule has 1 aromatic heterocycles. The molecule has 2 aromatic carbocycles. The molecule has 0 saturated heterocycles. The normalized spacial score (nSPS) is 10.7. The highest BCUT2D eigenvalue weighted by molar-refractivity contribution is 5.86. The lowest BCUT2D eigenvalue weighted by Crippen LogP contribution is -2.22. The number of methoxy groups -OCH3 is 3. The van der Waals surface area contributed by atoms with Crippen LogP contribution in [0.3, 0.4) is 0 Å². The van der Waals surface area contributed by atoms with E-state index in [1.54, 1.807) is 50.0 Å². The highest BCUT2D eigenvalue weighted by atomic mass is 16.5. The Kier molecular flexibility index (Phi) is 4.12. The molecule has 0 fully saturated rings. The van der Waals surface area contributed by atoms with Crippen LogP contribution in [0.2, 0.25) is 0 Å². The van der Waals surface area contributed by atoms with Crippen LogP contribution in [0.5, 0.6) is 17.2 Å². The van der Waals surface area contributed by atoms with Gasteiger partial charge in [0.1, 0.15) is 28.5 Å². The average molecular weight is 326 g/mol. The van der Waals surface area contributed by atoms with E-state index in [2.05, 4.69) is 4.98 Å². The number of nitrogens with zero attached hydrogens (tertiary/aromatic N) is 2. The maximum Gasteiger partial charge on any atom is 0.269 e. The van der Waals surface area contributed by atoms with E-state index in [0.29, 0.717) is 33.9 Å². The van der Waals surface area contributed by atoms with E-state index in [1.807, 2.05) is 12.1 Å². The minimum Gasteiger partial charge on any atom is -0.497 e. The number of aryl methyl sites for hydroxylation is 1. The van der Waals surface area contributed by atoms with Crippen LogP contribution in [0.1, 0.15) is 5.82 Å². The number of hydrogen-bond donors (Lipinski definition) is 0. The van der Waals surface area contributed by atoms with Gasteiger partial charge in [0, 0.05) is 12.1 Å². The smallest absolute Gasteiger partial charge is 0.269 e. The summed E-state index contributed by atoms with van der Waals surface area (Å²) in [4.78, 5) is 17.6. The van der Waals surface area contributed by atoms with Gasteiger partial charge in [-0.3, -0.25) is 9.36 Å². The number of fused-ring (bicyclic) bond motifs is 1. The first-order chi connectivity index (χ1) is 11.6. The molecule has 0 aliphatic heterocycles. The molecule has 0 aliphatic carbocycles. The number of benzene rings is 2. The first-order valence-electron chi connectivity index (χ1n) is 7.39. The van der Waals surface area contributed by atoms with Crippen molar-refractivity contribution in [1.82, 2.24) is 9.55 Å². The van der Waals surface area contributed by atoms with Crippen LogP contribution in [0.25, 0.3) is 16.6 Å². The van der Waals surface area contributed by atoms with Crippen molar-refractivity contribution in [2.24, 2.45) is 0 Å².